The molecule has 64 valence electrons. The van der Waals surface area contributed by atoms with Crippen LogP contribution in [0.1, 0.15) is 24.2 Å². The van der Waals surface area contributed by atoms with Gasteiger partial charge in [-0.25, -0.2) is 0 Å². The van der Waals surface area contributed by atoms with Crippen LogP contribution in [0.25, 0.3) is 0 Å². The molecular formula is C8H10ClN3. The molecule has 1 aromatic heterocycles. The normalized spacial score (nSPS) is 11.1. The summed E-state index contributed by atoms with van der Waals surface area (Å²) in [6.07, 6.45) is 1.59. The summed E-state index contributed by atoms with van der Waals surface area (Å²) in [5, 5.41) is 8.53. The quantitative estimate of drug-likeness (QED) is 0.716. The summed E-state index contributed by atoms with van der Waals surface area (Å²) < 4.78 is 0. The van der Waals surface area contributed by atoms with E-state index in [2.05, 4.69) is 4.98 Å². The van der Waals surface area contributed by atoms with Crippen molar-refractivity contribution in [2.75, 3.05) is 0 Å². The van der Waals surface area contributed by atoms with Gasteiger partial charge < -0.3 is 5.73 Å². The topological polar surface area (TPSA) is 62.7 Å². The number of hydrogen-bond donors (Lipinski definition) is 1. The Balaban J connectivity index is 0.00000121. The number of nitrogens with zero attached hydrogens (tertiary/aromatic N) is 2. The summed E-state index contributed by atoms with van der Waals surface area (Å²) in [4.78, 5) is 4.01. The minimum absolute atomic E-state index is 0. The molecule has 12 heavy (non-hydrogen) atoms. The summed E-state index contributed by atoms with van der Waals surface area (Å²) in [7, 11) is 0. The van der Waals surface area contributed by atoms with Gasteiger partial charge in [-0.2, -0.15) is 5.26 Å². The molecule has 0 aliphatic heterocycles. The van der Waals surface area contributed by atoms with E-state index in [9.17, 15) is 0 Å². The van der Waals surface area contributed by atoms with E-state index < -0.39 is 0 Å². The second kappa shape index (κ2) is 4.70. The van der Waals surface area contributed by atoms with Crippen LogP contribution in [-0.4, -0.2) is 4.98 Å². The molecule has 2 N–H and O–H groups in total. The van der Waals surface area contributed by atoms with Crippen LogP contribution in [0.3, 0.4) is 0 Å². The number of aromatic nitrogens is 1. The first-order chi connectivity index (χ1) is 5.24. The summed E-state index contributed by atoms with van der Waals surface area (Å²) in [6, 6.07) is 5.28. The molecule has 0 radical (unpaired) electrons. The standard InChI is InChI=1S/C8H9N3.ClH/c1-6(10)8-4-7(5-9)2-3-11-8;/h2-4,6H,10H2,1H3;1H/t6-;/m1./s1. The van der Waals surface area contributed by atoms with E-state index in [1.165, 1.54) is 0 Å². The molecule has 3 nitrogen and oxygen atoms in total. The maximum absolute atomic E-state index is 8.53. The maximum atomic E-state index is 8.53. The lowest BCUT2D eigenvalue weighted by atomic mass is 10.2. The minimum atomic E-state index is -0.108. The van der Waals surface area contributed by atoms with Crippen LogP contribution < -0.4 is 5.73 Å². The first kappa shape index (κ1) is 10.9. The third kappa shape index (κ3) is 2.50. The fraction of sp³-hybridized carbons (Fsp3) is 0.250. The summed E-state index contributed by atoms with van der Waals surface area (Å²) >= 11 is 0. The highest BCUT2D eigenvalue weighted by Crippen LogP contribution is 2.06. The van der Waals surface area contributed by atoms with Crippen molar-refractivity contribution in [3.05, 3.63) is 29.6 Å². The van der Waals surface area contributed by atoms with Gasteiger partial charge in [0.25, 0.3) is 0 Å². The molecular weight excluding hydrogens is 174 g/mol. The highest BCUT2D eigenvalue weighted by molar-refractivity contribution is 5.85. The Hall–Kier alpha value is -1.11. The van der Waals surface area contributed by atoms with Gasteiger partial charge in [-0.05, 0) is 19.1 Å². The first-order valence-corrected chi connectivity index (χ1v) is 3.35. The molecule has 0 saturated heterocycles. The fourth-order valence-electron chi connectivity index (χ4n) is 0.767. The monoisotopic (exact) mass is 183 g/mol. The molecule has 1 atom stereocenters. The van der Waals surface area contributed by atoms with Crippen molar-refractivity contribution in [2.45, 2.75) is 13.0 Å². The molecule has 0 bridgehead atoms. The summed E-state index contributed by atoms with van der Waals surface area (Å²) in [6.45, 7) is 1.84. The van der Waals surface area contributed by atoms with Crippen LogP contribution in [0.4, 0.5) is 0 Å². The van der Waals surface area contributed by atoms with E-state index in [0.717, 1.165) is 5.69 Å². The average molecular weight is 184 g/mol. The first-order valence-electron chi connectivity index (χ1n) is 3.35. The van der Waals surface area contributed by atoms with Gasteiger partial charge in [0.2, 0.25) is 0 Å². The van der Waals surface area contributed by atoms with Crippen LogP contribution in [0.2, 0.25) is 0 Å². The van der Waals surface area contributed by atoms with Crippen LogP contribution in [0.15, 0.2) is 18.3 Å². The molecule has 1 aromatic rings. The van der Waals surface area contributed by atoms with E-state index in [1.807, 2.05) is 13.0 Å². The second-order valence-corrected chi connectivity index (χ2v) is 2.37. The van der Waals surface area contributed by atoms with Crippen LogP contribution >= 0.6 is 12.4 Å². The average Bonchev–Trinajstić information content (AvgIpc) is 2.05. The number of nitriles is 1. The smallest absolute Gasteiger partial charge is 0.0992 e. The van der Waals surface area contributed by atoms with Gasteiger partial charge in [0.15, 0.2) is 0 Å². The minimum Gasteiger partial charge on any atom is -0.323 e. The molecule has 0 amide bonds. The van der Waals surface area contributed by atoms with Crippen molar-refractivity contribution in [1.29, 1.82) is 5.26 Å². The third-order valence-electron chi connectivity index (χ3n) is 1.38. The Morgan fingerprint density at radius 2 is 2.33 bits per heavy atom. The van der Waals surface area contributed by atoms with E-state index >= 15 is 0 Å². The van der Waals surface area contributed by atoms with Crippen molar-refractivity contribution in [3.8, 4) is 6.07 Å². The summed E-state index contributed by atoms with van der Waals surface area (Å²) in [5.74, 6) is 0. The largest absolute Gasteiger partial charge is 0.323 e. The molecule has 1 rings (SSSR count). The van der Waals surface area contributed by atoms with Crippen molar-refractivity contribution in [1.82, 2.24) is 4.98 Å². The van der Waals surface area contributed by atoms with Gasteiger partial charge in [0, 0.05) is 12.2 Å². The maximum Gasteiger partial charge on any atom is 0.0992 e. The van der Waals surface area contributed by atoms with Gasteiger partial charge in [0.05, 0.1) is 17.3 Å². The predicted octanol–water partition coefficient (Wildman–Crippen LogP) is 1.39. The highest BCUT2D eigenvalue weighted by atomic mass is 35.5. The lowest BCUT2D eigenvalue weighted by Gasteiger charge is -2.02. The molecule has 0 saturated carbocycles. The molecule has 0 aliphatic carbocycles. The molecule has 0 spiro atoms. The van der Waals surface area contributed by atoms with E-state index in [0.29, 0.717) is 5.56 Å². The molecule has 0 aromatic carbocycles. The molecule has 0 aliphatic rings. The van der Waals surface area contributed by atoms with Gasteiger partial charge >= 0.3 is 0 Å². The van der Waals surface area contributed by atoms with Gasteiger partial charge in [0.1, 0.15) is 0 Å². The zero-order chi connectivity index (χ0) is 8.27. The second-order valence-electron chi connectivity index (χ2n) is 2.37. The van der Waals surface area contributed by atoms with Crippen LogP contribution in [0.5, 0.6) is 0 Å². The zero-order valence-corrected chi connectivity index (χ0v) is 7.51. The Bertz CT molecular complexity index is 291. The van der Waals surface area contributed by atoms with Crippen molar-refractivity contribution < 1.29 is 0 Å². The van der Waals surface area contributed by atoms with Crippen LogP contribution in [-0.2, 0) is 0 Å². The Kier molecular flexibility index (Phi) is 4.27. The van der Waals surface area contributed by atoms with Crippen molar-refractivity contribution in [2.24, 2.45) is 5.73 Å². The Morgan fingerprint density at radius 3 is 2.83 bits per heavy atom. The van der Waals surface area contributed by atoms with E-state index in [-0.39, 0.29) is 18.4 Å². The third-order valence-corrected chi connectivity index (χ3v) is 1.38. The number of nitrogens with two attached hydrogens (primary N) is 1. The molecule has 0 unspecified atom stereocenters. The molecule has 4 heteroatoms. The van der Waals surface area contributed by atoms with E-state index in [1.54, 1.807) is 18.3 Å². The number of pyridine rings is 1. The van der Waals surface area contributed by atoms with Crippen molar-refractivity contribution in [3.63, 3.8) is 0 Å². The van der Waals surface area contributed by atoms with Gasteiger partial charge in [-0.15, -0.1) is 12.4 Å². The van der Waals surface area contributed by atoms with E-state index in [4.69, 9.17) is 11.0 Å². The van der Waals surface area contributed by atoms with Crippen LogP contribution in [0, 0.1) is 11.3 Å². The predicted molar refractivity (Wildman–Crippen MR) is 48.8 cm³/mol. The van der Waals surface area contributed by atoms with Crippen molar-refractivity contribution >= 4 is 12.4 Å². The SMILES string of the molecule is C[C@@H](N)c1cc(C#N)ccn1.Cl. The molecule has 1 heterocycles. The van der Waals surface area contributed by atoms with Gasteiger partial charge in [-0.1, -0.05) is 0 Å². The highest BCUT2D eigenvalue weighted by Gasteiger charge is 2.00. The molecule has 0 fully saturated rings. The fourth-order valence-corrected chi connectivity index (χ4v) is 0.767. The Labute approximate surface area is 77.6 Å². The van der Waals surface area contributed by atoms with Gasteiger partial charge in [-0.3, -0.25) is 4.98 Å². The zero-order valence-electron chi connectivity index (χ0n) is 6.69. The summed E-state index contributed by atoms with van der Waals surface area (Å²) in [5.41, 5.74) is 6.92. The lowest BCUT2D eigenvalue weighted by Crippen LogP contribution is -2.06. The Morgan fingerprint density at radius 1 is 1.67 bits per heavy atom. The number of halogens is 1. The number of hydrogen-bond acceptors (Lipinski definition) is 3. The lowest BCUT2D eigenvalue weighted by molar-refractivity contribution is 0.780. The number of rotatable bonds is 1.